The third-order valence-corrected chi connectivity index (χ3v) is 3.91. The van der Waals surface area contributed by atoms with Crippen LogP contribution in [-0.2, 0) is 0 Å². The van der Waals surface area contributed by atoms with Gasteiger partial charge in [0.25, 0.3) is 0 Å². The molecular weight excluding hydrogens is 254 g/mol. The molecule has 3 nitrogen and oxygen atoms in total. The molecule has 0 aromatic carbocycles. The van der Waals surface area contributed by atoms with Crippen molar-refractivity contribution in [2.24, 2.45) is 0 Å². The summed E-state index contributed by atoms with van der Waals surface area (Å²) in [4.78, 5) is 9.92. The average Bonchev–Trinajstić information content (AvgIpc) is 2.79. The van der Waals surface area contributed by atoms with Gasteiger partial charge in [-0.3, -0.25) is 0 Å². The van der Waals surface area contributed by atoms with Gasteiger partial charge in [-0.05, 0) is 32.2 Å². The third-order valence-electron chi connectivity index (χ3n) is 2.59. The Morgan fingerprint density at radius 2 is 2.00 bits per heavy atom. The summed E-state index contributed by atoms with van der Waals surface area (Å²) in [5.41, 5.74) is 1.76. The van der Waals surface area contributed by atoms with Gasteiger partial charge in [-0.2, -0.15) is 0 Å². The van der Waals surface area contributed by atoms with Crippen molar-refractivity contribution in [3.8, 4) is 0 Å². The highest BCUT2D eigenvalue weighted by Gasteiger charge is 2.11. The zero-order valence-electron chi connectivity index (χ0n) is 9.99. The van der Waals surface area contributed by atoms with Gasteiger partial charge in [-0.1, -0.05) is 17.7 Å². The quantitative estimate of drug-likeness (QED) is 0.914. The maximum atomic E-state index is 6.07. The number of aryl methyl sites for hydroxylation is 2. The second-order valence-corrected chi connectivity index (χ2v) is 5.25. The van der Waals surface area contributed by atoms with Gasteiger partial charge in [0, 0.05) is 4.88 Å². The molecule has 2 aromatic rings. The van der Waals surface area contributed by atoms with Crippen LogP contribution in [0, 0.1) is 13.8 Å². The minimum absolute atomic E-state index is 0.184. The van der Waals surface area contributed by atoms with E-state index >= 15 is 0 Å². The van der Waals surface area contributed by atoms with Crippen LogP contribution in [0.3, 0.4) is 0 Å². The van der Waals surface area contributed by atoms with Crippen molar-refractivity contribution >= 4 is 28.8 Å². The van der Waals surface area contributed by atoms with Crippen LogP contribution < -0.4 is 5.32 Å². The molecule has 1 N–H and O–H groups in total. The number of nitrogens with zero attached hydrogens (tertiary/aromatic N) is 2. The minimum atomic E-state index is 0.184. The van der Waals surface area contributed by atoms with Gasteiger partial charge in [0.1, 0.15) is 0 Å². The number of anilines is 1. The molecule has 0 aliphatic rings. The highest BCUT2D eigenvalue weighted by Crippen LogP contribution is 2.26. The minimum Gasteiger partial charge on any atom is -0.360 e. The fourth-order valence-corrected chi connectivity index (χ4v) is 2.44. The lowest BCUT2D eigenvalue weighted by Crippen LogP contribution is -2.09. The van der Waals surface area contributed by atoms with E-state index in [2.05, 4.69) is 33.7 Å². The maximum absolute atomic E-state index is 6.07. The van der Waals surface area contributed by atoms with Crippen LogP contribution in [0.15, 0.2) is 17.5 Å². The van der Waals surface area contributed by atoms with E-state index in [9.17, 15) is 0 Å². The number of aromatic nitrogens is 2. The molecule has 0 saturated heterocycles. The first-order valence-electron chi connectivity index (χ1n) is 5.38. The summed E-state index contributed by atoms with van der Waals surface area (Å²) in [6, 6.07) is 4.31. The number of hydrogen-bond donors (Lipinski definition) is 1. The van der Waals surface area contributed by atoms with Gasteiger partial charge >= 0.3 is 0 Å². The Hall–Kier alpha value is -1.13. The Bertz CT molecular complexity index is 511. The Kier molecular flexibility index (Phi) is 3.64. The normalized spacial score (nSPS) is 12.5. The number of nitrogens with one attached hydrogen (secondary N) is 1. The second kappa shape index (κ2) is 5.02. The summed E-state index contributed by atoms with van der Waals surface area (Å²) in [7, 11) is 0. The van der Waals surface area contributed by atoms with Crippen LogP contribution in [-0.4, -0.2) is 9.97 Å². The zero-order chi connectivity index (χ0) is 12.4. The Balaban J connectivity index is 2.22. The van der Waals surface area contributed by atoms with Gasteiger partial charge < -0.3 is 5.32 Å². The van der Waals surface area contributed by atoms with Crippen molar-refractivity contribution in [2.45, 2.75) is 26.8 Å². The Morgan fingerprint density at radius 3 is 2.65 bits per heavy atom. The second-order valence-electron chi connectivity index (χ2n) is 3.92. The van der Waals surface area contributed by atoms with Gasteiger partial charge in [-0.25, -0.2) is 9.97 Å². The lowest BCUT2D eigenvalue weighted by molar-refractivity contribution is 0.885. The highest BCUT2D eigenvalue weighted by molar-refractivity contribution is 7.10. The summed E-state index contributed by atoms with van der Waals surface area (Å²) < 4.78 is 0. The van der Waals surface area contributed by atoms with Gasteiger partial charge in [-0.15, -0.1) is 11.3 Å². The molecule has 0 saturated carbocycles. The molecular formula is C12H14ClN3S. The smallest absolute Gasteiger partial charge is 0.171 e. The molecule has 90 valence electrons. The first kappa shape index (κ1) is 12.3. The lowest BCUT2D eigenvalue weighted by Gasteiger charge is -2.14. The SMILES string of the molecule is Cc1nc(Cl)c(NC(C)c2cccs2)nc1C. The first-order valence-corrected chi connectivity index (χ1v) is 6.64. The number of rotatable bonds is 3. The lowest BCUT2D eigenvalue weighted by atomic mass is 10.3. The summed E-state index contributed by atoms with van der Waals surface area (Å²) in [5, 5.41) is 5.77. The average molecular weight is 268 g/mol. The molecule has 0 aliphatic heterocycles. The Labute approximate surface area is 110 Å². The fraction of sp³-hybridized carbons (Fsp3) is 0.333. The van der Waals surface area contributed by atoms with Crippen molar-refractivity contribution in [1.29, 1.82) is 0 Å². The first-order chi connectivity index (χ1) is 8.08. The third kappa shape index (κ3) is 2.76. The molecule has 0 spiro atoms. The van der Waals surface area contributed by atoms with Crippen molar-refractivity contribution in [3.05, 3.63) is 38.9 Å². The summed E-state index contributed by atoms with van der Waals surface area (Å²) in [6.45, 7) is 5.92. The zero-order valence-corrected chi connectivity index (χ0v) is 11.6. The van der Waals surface area contributed by atoms with Crippen LogP contribution >= 0.6 is 22.9 Å². The maximum Gasteiger partial charge on any atom is 0.171 e. The standard InChI is InChI=1S/C12H14ClN3S/c1-7-8(2)15-12(11(13)14-7)16-9(3)10-5-4-6-17-10/h4-6,9H,1-3H3,(H,15,16). The van der Waals surface area contributed by atoms with E-state index in [1.54, 1.807) is 11.3 Å². The van der Waals surface area contributed by atoms with Crippen molar-refractivity contribution < 1.29 is 0 Å². The predicted octanol–water partition coefficient (Wildman–Crippen LogP) is 3.98. The van der Waals surface area contributed by atoms with Crippen LogP contribution in [0.4, 0.5) is 5.82 Å². The molecule has 5 heteroatoms. The molecule has 1 atom stereocenters. The predicted molar refractivity (Wildman–Crippen MR) is 72.9 cm³/mol. The van der Waals surface area contributed by atoms with E-state index in [-0.39, 0.29) is 6.04 Å². The van der Waals surface area contributed by atoms with Crippen LogP contribution in [0.25, 0.3) is 0 Å². The van der Waals surface area contributed by atoms with E-state index < -0.39 is 0 Å². The van der Waals surface area contributed by atoms with Gasteiger partial charge in [0.15, 0.2) is 11.0 Å². The van der Waals surface area contributed by atoms with Crippen molar-refractivity contribution in [2.75, 3.05) is 5.32 Å². The van der Waals surface area contributed by atoms with E-state index in [4.69, 9.17) is 11.6 Å². The van der Waals surface area contributed by atoms with E-state index in [0.29, 0.717) is 11.0 Å². The van der Waals surface area contributed by atoms with Crippen LogP contribution in [0.1, 0.15) is 29.2 Å². The molecule has 1 unspecified atom stereocenters. The molecule has 2 rings (SSSR count). The van der Waals surface area contributed by atoms with Crippen LogP contribution in [0.2, 0.25) is 5.15 Å². The molecule has 0 amide bonds. The monoisotopic (exact) mass is 267 g/mol. The molecule has 2 heterocycles. The number of thiophene rings is 1. The van der Waals surface area contributed by atoms with Gasteiger partial charge in [0.05, 0.1) is 17.4 Å². The molecule has 0 radical (unpaired) electrons. The van der Waals surface area contributed by atoms with E-state index in [1.165, 1.54) is 4.88 Å². The van der Waals surface area contributed by atoms with Crippen molar-refractivity contribution in [1.82, 2.24) is 9.97 Å². The van der Waals surface area contributed by atoms with E-state index in [0.717, 1.165) is 11.4 Å². The van der Waals surface area contributed by atoms with Crippen molar-refractivity contribution in [3.63, 3.8) is 0 Å². The fourth-order valence-electron chi connectivity index (χ4n) is 1.48. The van der Waals surface area contributed by atoms with E-state index in [1.807, 2.05) is 19.9 Å². The molecule has 17 heavy (non-hydrogen) atoms. The molecule has 0 aliphatic carbocycles. The summed E-state index contributed by atoms with van der Waals surface area (Å²) in [6.07, 6.45) is 0. The largest absolute Gasteiger partial charge is 0.360 e. The number of halogens is 1. The topological polar surface area (TPSA) is 37.8 Å². The summed E-state index contributed by atoms with van der Waals surface area (Å²) in [5.74, 6) is 0.649. The highest BCUT2D eigenvalue weighted by atomic mass is 35.5. The molecule has 0 bridgehead atoms. The summed E-state index contributed by atoms with van der Waals surface area (Å²) >= 11 is 7.78. The number of hydrogen-bond acceptors (Lipinski definition) is 4. The molecule has 2 aromatic heterocycles. The van der Waals surface area contributed by atoms with Gasteiger partial charge in [0.2, 0.25) is 0 Å². The molecule has 0 fully saturated rings. The van der Waals surface area contributed by atoms with Crippen LogP contribution in [0.5, 0.6) is 0 Å². The Morgan fingerprint density at radius 1 is 1.29 bits per heavy atom.